The molecule has 7 heteroatoms. The summed E-state index contributed by atoms with van der Waals surface area (Å²) in [4.78, 5) is 0. The molecule has 1 aromatic heterocycles. The predicted octanol–water partition coefficient (Wildman–Crippen LogP) is 3.53. The van der Waals surface area contributed by atoms with Crippen molar-refractivity contribution in [3.63, 3.8) is 0 Å². The van der Waals surface area contributed by atoms with Gasteiger partial charge < -0.3 is 20.2 Å². The largest absolute Gasteiger partial charge is 0.460 e. The third-order valence-electron chi connectivity index (χ3n) is 3.18. The molecule has 0 aliphatic rings. The van der Waals surface area contributed by atoms with Crippen molar-refractivity contribution in [2.45, 2.75) is 13.5 Å². The van der Waals surface area contributed by atoms with Gasteiger partial charge in [0.15, 0.2) is 0 Å². The second kappa shape index (κ2) is 11.9. The molecule has 0 spiro atoms. The highest BCUT2D eigenvalue weighted by Crippen LogP contribution is 2.27. The van der Waals surface area contributed by atoms with Crippen LogP contribution in [0.1, 0.15) is 11.3 Å². The topological polar surface area (TPSA) is 57.4 Å². The van der Waals surface area contributed by atoms with Crippen molar-refractivity contribution in [2.75, 3.05) is 26.2 Å². The van der Waals surface area contributed by atoms with Crippen LogP contribution in [0.5, 0.6) is 0 Å². The molecule has 130 valence electrons. The quantitative estimate of drug-likeness (QED) is 0.566. The number of hydrogen-bond donors (Lipinski definition) is 3. The Morgan fingerprint density at radius 1 is 1.04 bits per heavy atom. The number of furan rings is 1. The number of halogens is 3. The van der Waals surface area contributed by atoms with Crippen molar-refractivity contribution in [2.24, 2.45) is 0 Å². The molecule has 0 fully saturated rings. The molecular weight excluding hydrogens is 403 g/mol. The van der Waals surface area contributed by atoms with Crippen LogP contribution in [0.2, 0.25) is 0 Å². The zero-order valence-electron chi connectivity index (χ0n) is 13.0. The van der Waals surface area contributed by atoms with Crippen LogP contribution in [-0.4, -0.2) is 31.3 Å². The predicted molar refractivity (Wildman–Crippen MR) is 103 cm³/mol. The molecule has 0 bridgehead atoms. The monoisotopic (exact) mass is 424 g/mol. The Bertz CT molecular complexity index is 579. The fraction of sp³-hybridized carbons (Fsp3) is 0.375. The molecule has 0 aliphatic heterocycles. The Kier molecular flexibility index (Phi) is 11.6. The Morgan fingerprint density at radius 3 is 2.48 bits per heavy atom. The minimum Gasteiger partial charge on any atom is -0.460 e. The number of aryl methyl sites for hydroxylation is 1. The number of benzene rings is 1. The lowest BCUT2D eigenvalue weighted by Gasteiger charge is -2.05. The first-order chi connectivity index (χ1) is 10.2. The second-order valence-corrected chi connectivity index (χ2v) is 5.79. The highest BCUT2D eigenvalue weighted by atomic mass is 79.9. The summed E-state index contributed by atoms with van der Waals surface area (Å²) in [7, 11) is 0. The third-order valence-corrected chi connectivity index (χ3v) is 3.68. The number of rotatable bonds is 8. The van der Waals surface area contributed by atoms with Gasteiger partial charge >= 0.3 is 0 Å². The Labute approximate surface area is 158 Å². The summed E-state index contributed by atoms with van der Waals surface area (Å²) < 4.78 is 6.96. The first kappa shape index (κ1) is 22.4. The summed E-state index contributed by atoms with van der Waals surface area (Å²) in [6, 6.07) is 10.2. The van der Waals surface area contributed by atoms with E-state index in [0.717, 1.165) is 34.6 Å². The first-order valence-corrected chi connectivity index (χ1v) is 7.87. The first-order valence-electron chi connectivity index (χ1n) is 7.08. The van der Waals surface area contributed by atoms with Gasteiger partial charge in [-0.05, 0) is 42.8 Å². The van der Waals surface area contributed by atoms with E-state index in [2.05, 4.69) is 45.6 Å². The van der Waals surface area contributed by atoms with Crippen LogP contribution >= 0.6 is 40.7 Å². The van der Waals surface area contributed by atoms with Gasteiger partial charge in [0.25, 0.3) is 0 Å². The Balaban J connectivity index is 0.00000242. The van der Waals surface area contributed by atoms with Gasteiger partial charge in [-0.3, -0.25) is 0 Å². The van der Waals surface area contributed by atoms with E-state index in [-0.39, 0.29) is 31.4 Å². The number of nitrogens with one attached hydrogen (secondary N) is 2. The highest BCUT2D eigenvalue weighted by molar-refractivity contribution is 9.10. The maximum Gasteiger partial charge on any atom is 0.134 e. The van der Waals surface area contributed by atoms with Crippen molar-refractivity contribution < 1.29 is 9.52 Å². The van der Waals surface area contributed by atoms with Crippen LogP contribution in [0.3, 0.4) is 0 Å². The maximum absolute atomic E-state index is 8.65. The second-order valence-electron chi connectivity index (χ2n) is 4.88. The van der Waals surface area contributed by atoms with Crippen molar-refractivity contribution >= 4 is 40.7 Å². The molecule has 0 atom stereocenters. The molecule has 2 rings (SSSR count). The molecule has 3 N–H and O–H groups in total. The van der Waals surface area contributed by atoms with Crippen molar-refractivity contribution in [3.05, 3.63) is 46.1 Å². The van der Waals surface area contributed by atoms with Crippen LogP contribution in [0.25, 0.3) is 11.3 Å². The van der Waals surface area contributed by atoms with Gasteiger partial charge in [0.2, 0.25) is 0 Å². The summed E-state index contributed by atoms with van der Waals surface area (Å²) in [5, 5.41) is 15.1. The summed E-state index contributed by atoms with van der Waals surface area (Å²) in [6.07, 6.45) is 0. The minimum atomic E-state index is 0. The van der Waals surface area contributed by atoms with E-state index in [9.17, 15) is 0 Å². The summed E-state index contributed by atoms with van der Waals surface area (Å²) in [5.41, 5.74) is 2.31. The fourth-order valence-electron chi connectivity index (χ4n) is 2.11. The van der Waals surface area contributed by atoms with Crippen LogP contribution in [0.15, 0.2) is 39.2 Å². The van der Waals surface area contributed by atoms with E-state index in [0.29, 0.717) is 13.1 Å². The Hall–Kier alpha value is -0.560. The molecule has 0 saturated heterocycles. The molecular formula is C16H23BrCl2N2O2. The standard InChI is InChI=1S/C16H21BrN2O2.2ClH/c1-12-10-13(17)2-4-15(12)16-5-3-14(21-16)11-19-7-6-18-8-9-20;;/h2-5,10,18-20H,6-9,11H2,1H3;2*1H. The zero-order chi connectivity index (χ0) is 15.1. The molecule has 23 heavy (non-hydrogen) atoms. The van der Waals surface area contributed by atoms with Gasteiger partial charge in [0, 0.05) is 29.7 Å². The minimum absolute atomic E-state index is 0. The molecule has 1 aromatic carbocycles. The van der Waals surface area contributed by atoms with E-state index in [4.69, 9.17) is 9.52 Å². The van der Waals surface area contributed by atoms with Crippen LogP contribution in [0.4, 0.5) is 0 Å². The van der Waals surface area contributed by atoms with Crippen LogP contribution in [-0.2, 0) is 6.54 Å². The van der Waals surface area contributed by atoms with Gasteiger partial charge in [0.1, 0.15) is 11.5 Å². The fourth-order valence-corrected chi connectivity index (χ4v) is 2.59. The maximum atomic E-state index is 8.65. The van der Waals surface area contributed by atoms with Gasteiger partial charge in [-0.15, -0.1) is 24.8 Å². The average molecular weight is 426 g/mol. The number of aliphatic hydroxyl groups excluding tert-OH is 1. The normalized spacial score (nSPS) is 10.0. The molecule has 1 heterocycles. The molecule has 2 aromatic rings. The molecule has 0 unspecified atom stereocenters. The average Bonchev–Trinajstić information content (AvgIpc) is 2.91. The summed E-state index contributed by atoms with van der Waals surface area (Å²) in [5.74, 6) is 1.82. The SMILES string of the molecule is Cc1cc(Br)ccc1-c1ccc(CNCCNCCO)o1.Cl.Cl. The van der Waals surface area contributed by atoms with E-state index in [1.165, 1.54) is 5.56 Å². The van der Waals surface area contributed by atoms with E-state index in [1.54, 1.807) is 0 Å². The number of aliphatic hydroxyl groups is 1. The van der Waals surface area contributed by atoms with Gasteiger partial charge in [0.05, 0.1) is 13.2 Å². The van der Waals surface area contributed by atoms with Crippen molar-refractivity contribution in [1.29, 1.82) is 0 Å². The van der Waals surface area contributed by atoms with Crippen LogP contribution < -0.4 is 10.6 Å². The lowest BCUT2D eigenvalue weighted by Crippen LogP contribution is -2.28. The van der Waals surface area contributed by atoms with E-state index < -0.39 is 0 Å². The van der Waals surface area contributed by atoms with Gasteiger partial charge in [-0.2, -0.15) is 0 Å². The van der Waals surface area contributed by atoms with Gasteiger partial charge in [-0.25, -0.2) is 0 Å². The third kappa shape index (κ3) is 7.25. The Morgan fingerprint density at radius 2 is 1.78 bits per heavy atom. The molecule has 0 aliphatic carbocycles. The van der Waals surface area contributed by atoms with E-state index in [1.807, 2.05) is 18.2 Å². The molecule has 0 amide bonds. The van der Waals surface area contributed by atoms with Crippen molar-refractivity contribution in [1.82, 2.24) is 10.6 Å². The summed E-state index contributed by atoms with van der Waals surface area (Å²) in [6.45, 7) is 5.26. The zero-order valence-corrected chi connectivity index (χ0v) is 16.2. The molecule has 4 nitrogen and oxygen atoms in total. The van der Waals surface area contributed by atoms with Crippen molar-refractivity contribution in [3.8, 4) is 11.3 Å². The molecule has 0 saturated carbocycles. The lowest BCUT2D eigenvalue weighted by molar-refractivity contribution is 0.292. The molecule has 0 radical (unpaired) electrons. The lowest BCUT2D eigenvalue weighted by atomic mass is 10.1. The van der Waals surface area contributed by atoms with E-state index >= 15 is 0 Å². The number of hydrogen-bond acceptors (Lipinski definition) is 4. The smallest absolute Gasteiger partial charge is 0.134 e. The van der Waals surface area contributed by atoms with Crippen LogP contribution in [0, 0.1) is 6.92 Å². The highest BCUT2D eigenvalue weighted by Gasteiger charge is 2.07. The summed E-state index contributed by atoms with van der Waals surface area (Å²) >= 11 is 3.47. The van der Waals surface area contributed by atoms with Gasteiger partial charge in [-0.1, -0.05) is 15.9 Å².